The Balaban J connectivity index is 0.000000176. The van der Waals surface area contributed by atoms with Crippen LogP contribution in [-0.2, 0) is 20.1 Å². The van der Waals surface area contributed by atoms with Gasteiger partial charge in [0.1, 0.15) is 5.58 Å². The zero-order valence-electron chi connectivity index (χ0n) is 35.4. The predicted octanol–water partition coefficient (Wildman–Crippen LogP) is 13.2. The normalized spacial score (nSPS) is 13.2. The third-order valence-corrected chi connectivity index (χ3v) is 9.42. The van der Waals surface area contributed by atoms with Crippen molar-refractivity contribution in [3.63, 3.8) is 0 Å². The van der Waals surface area contributed by atoms with Gasteiger partial charge in [0.05, 0.1) is 22.4 Å². The molecule has 269 valence electrons. The summed E-state index contributed by atoms with van der Waals surface area (Å²) < 4.78 is 48.4. The van der Waals surface area contributed by atoms with Crippen LogP contribution >= 0.6 is 0 Å². The van der Waals surface area contributed by atoms with Crippen LogP contribution in [0.15, 0.2) is 150 Å². The summed E-state index contributed by atoms with van der Waals surface area (Å²) in [6, 6.07) is 51.0. The SMILES string of the molecule is [2H]C(C)(C)c1cccc(C([2H])(C)C)c1-n1c(-c2[c-]cccc2)nc2ccccc21.[2H]C([2H])([2H])c1ccc(-c2ccnc(-c3[c-]ccc4c3oc3ccccc34)c2)cc1.[Ir]. The Kier molecular flexibility index (Phi) is 9.00. The molecule has 0 N–H and O–H groups in total. The van der Waals surface area contributed by atoms with Gasteiger partial charge in [-0.2, -0.15) is 0 Å². The number of para-hydroxylation sites is 4. The van der Waals surface area contributed by atoms with Crippen LogP contribution in [0, 0.1) is 19.0 Å². The summed E-state index contributed by atoms with van der Waals surface area (Å²) in [5, 5.41) is 2.10. The van der Waals surface area contributed by atoms with Gasteiger partial charge in [0.25, 0.3) is 0 Å². The van der Waals surface area contributed by atoms with E-state index < -0.39 is 18.6 Å². The van der Waals surface area contributed by atoms with Crippen LogP contribution in [0.1, 0.15) is 63.0 Å². The molecule has 54 heavy (non-hydrogen) atoms. The molecule has 0 saturated carbocycles. The van der Waals surface area contributed by atoms with Crippen molar-refractivity contribution in [1.82, 2.24) is 14.5 Å². The fraction of sp³-hybridized carbons (Fsp3) is 0.143. The van der Waals surface area contributed by atoms with Crippen LogP contribution in [0.3, 0.4) is 0 Å². The van der Waals surface area contributed by atoms with Crippen molar-refractivity contribution in [2.45, 2.75) is 46.3 Å². The van der Waals surface area contributed by atoms with Gasteiger partial charge in [-0.05, 0) is 70.9 Å². The van der Waals surface area contributed by atoms with Crippen molar-refractivity contribution in [3.05, 3.63) is 175 Å². The van der Waals surface area contributed by atoms with E-state index in [2.05, 4.69) is 21.7 Å². The molecule has 0 fully saturated rings. The summed E-state index contributed by atoms with van der Waals surface area (Å²) >= 11 is 0. The van der Waals surface area contributed by atoms with E-state index in [1.165, 1.54) is 0 Å². The number of furan rings is 1. The van der Waals surface area contributed by atoms with Crippen molar-refractivity contribution in [1.29, 1.82) is 0 Å². The van der Waals surface area contributed by atoms with Gasteiger partial charge in [-0.15, -0.1) is 54.1 Å². The first-order valence-electron chi connectivity index (χ1n) is 20.2. The summed E-state index contributed by atoms with van der Waals surface area (Å²) in [5.74, 6) is -0.895. The first kappa shape index (κ1) is 30.8. The number of aromatic nitrogens is 3. The largest absolute Gasteiger partial charge is 0.501 e. The standard InChI is InChI=1S/C25H25N2.C24H16NO.Ir/c1-17(2)20-13-10-14-21(18(3)4)24(20)27-23-16-9-8-15-22(23)26-25(27)19-11-6-5-7-12-19;1-16-9-11-17(12-10-16)18-13-14-25-22(15-18)21-7-4-6-20-19-5-2-3-8-23(19)26-24(20)21;/h5-11,13-18H,1-4H3;2-6,8-15H,1H3;/q2*-1;/i17D,18D;1D3;. The monoisotopic (exact) mass is 885 g/mol. The Morgan fingerprint density at radius 2 is 1.44 bits per heavy atom. The predicted molar refractivity (Wildman–Crippen MR) is 219 cm³/mol. The fourth-order valence-corrected chi connectivity index (χ4v) is 6.85. The van der Waals surface area contributed by atoms with E-state index in [1.807, 2.05) is 155 Å². The summed E-state index contributed by atoms with van der Waals surface area (Å²) in [7, 11) is 0. The molecule has 0 saturated heterocycles. The smallest absolute Gasteiger partial charge is 0.120 e. The number of pyridine rings is 1. The van der Waals surface area contributed by atoms with Gasteiger partial charge < -0.3 is 14.0 Å². The first-order valence-corrected chi connectivity index (χ1v) is 17.7. The minimum Gasteiger partial charge on any atom is -0.501 e. The second-order valence-corrected chi connectivity index (χ2v) is 13.4. The molecule has 3 heterocycles. The molecule has 0 bridgehead atoms. The molecule has 9 rings (SSSR count). The molecule has 1 radical (unpaired) electrons. The van der Waals surface area contributed by atoms with E-state index in [1.54, 1.807) is 18.3 Å². The van der Waals surface area contributed by atoms with Gasteiger partial charge in [0.2, 0.25) is 0 Å². The van der Waals surface area contributed by atoms with Gasteiger partial charge in [-0.3, -0.25) is 4.98 Å². The molecule has 0 aliphatic rings. The van der Waals surface area contributed by atoms with Gasteiger partial charge in [0.15, 0.2) is 0 Å². The Hall–Kier alpha value is -5.61. The van der Waals surface area contributed by atoms with Crippen molar-refractivity contribution < 1.29 is 31.4 Å². The molecule has 0 aliphatic heterocycles. The van der Waals surface area contributed by atoms with E-state index in [4.69, 9.17) is 16.3 Å². The molecule has 3 aromatic heterocycles. The number of rotatable bonds is 6. The maximum absolute atomic E-state index is 8.80. The van der Waals surface area contributed by atoms with E-state index >= 15 is 0 Å². The quantitative estimate of drug-likeness (QED) is 0.156. The average Bonchev–Trinajstić information content (AvgIpc) is 3.79. The molecular formula is C49H41IrN3O-2. The second-order valence-electron chi connectivity index (χ2n) is 13.4. The van der Waals surface area contributed by atoms with E-state index in [0.29, 0.717) is 5.56 Å². The number of aryl methyl sites for hydroxylation is 1. The molecule has 0 amide bonds. The Labute approximate surface area is 337 Å². The Bertz CT molecular complexity index is 2870. The number of hydrogen-bond acceptors (Lipinski definition) is 3. The topological polar surface area (TPSA) is 43.9 Å². The third-order valence-electron chi connectivity index (χ3n) is 9.42. The van der Waals surface area contributed by atoms with Crippen LogP contribution in [0.4, 0.5) is 0 Å². The summed E-state index contributed by atoms with van der Waals surface area (Å²) in [4.78, 5) is 9.45. The first-order chi connectivity index (χ1) is 27.7. The van der Waals surface area contributed by atoms with Gasteiger partial charge in [-0.25, -0.2) is 0 Å². The fourth-order valence-electron chi connectivity index (χ4n) is 6.85. The molecule has 0 unspecified atom stereocenters. The molecule has 5 heteroatoms. The van der Waals surface area contributed by atoms with Gasteiger partial charge >= 0.3 is 0 Å². The average molecular weight is 885 g/mol. The number of imidazole rings is 1. The summed E-state index contributed by atoms with van der Waals surface area (Å²) in [6.07, 6.45) is 1.75. The number of hydrogen-bond donors (Lipinski definition) is 0. The minimum absolute atomic E-state index is 0. The molecule has 9 aromatic rings. The van der Waals surface area contributed by atoms with E-state index in [9.17, 15) is 0 Å². The summed E-state index contributed by atoms with van der Waals surface area (Å²) in [6.45, 7) is 5.45. The van der Waals surface area contributed by atoms with Crippen LogP contribution in [0.2, 0.25) is 0 Å². The maximum Gasteiger partial charge on any atom is 0.120 e. The number of benzene rings is 6. The van der Waals surface area contributed by atoms with Crippen LogP contribution in [-0.4, -0.2) is 14.5 Å². The molecule has 0 atom stereocenters. The molecule has 0 aliphatic carbocycles. The summed E-state index contributed by atoms with van der Waals surface area (Å²) in [5.41, 5.74) is 10.7. The Morgan fingerprint density at radius 3 is 2.19 bits per heavy atom. The minimum atomic E-state index is -2.10. The van der Waals surface area contributed by atoms with Crippen molar-refractivity contribution in [3.8, 4) is 39.5 Å². The van der Waals surface area contributed by atoms with E-state index in [0.717, 1.165) is 83.6 Å². The number of nitrogens with zero attached hydrogens (tertiary/aromatic N) is 3. The second kappa shape index (κ2) is 15.8. The maximum atomic E-state index is 8.80. The van der Waals surface area contributed by atoms with Gasteiger partial charge in [-0.1, -0.05) is 123 Å². The Morgan fingerprint density at radius 1 is 0.704 bits per heavy atom. The van der Waals surface area contributed by atoms with E-state index in [-0.39, 0.29) is 20.1 Å². The molecule has 0 spiro atoms. The van der Waals surface area contributed by atoms with Crippen molar-refractivity contribution >= 4 is 33.0 Å². The van der Waals surface area contributed by atoms with Crippen LogP contribution < -0.4 is 0 Å². The zero-order valence-corrected chi connectivity index (χ0v) is 32.8. The van der Waals surface area contributed by atoms with Gasteiger partial charge in [0, 0.05) is 44.2 Å². The molecular weight excluding hydrogens is 839 g/mol. The zero-order chi connectivity index (χ0) is 40.8. The molecule has 4 nitrogen and oxygen atoms in total. The number of fused-ring (bicyclic) bond motifs is 4. The molecule has 6 aromatic carbocycles. The van der Waals surface area contributed by atoms with Crippen molar-refractivity contribution in [2.75, 3.05) is 0 Å². The van der Waals surface area contributed by atoms with Crippen LogP contribution in [0.5, 0.6) is 0 Å². The van der Waals surface area contributed by atoms with Crippen LogP contribution in [0.25, 0.3) is 72.4 Å². The van der Waals surface area contributed by atoms with Crippen molar-refractivity contribution in [2.24, 2.45) is 0 Å². The third kappa shape index (κ3) is 7.06.